The van der Waals surface area contributed by atoms with Crippen LogP contribution in [0.4, 0.5) is 23.8 Å². The number of amides is 3. The monoisotopic (exact) mass is 531 g/mol. The molecule has 0 spiro atoms. The summed E-state index contributed by atoms with van der Waals surface area (Å²) in [5.41, 5.74) is 1.92. The van der Waals surface area contributed by atoms with Crippen LogP contribution in [-0.2, 0) is 11.3 Å². The van der Waals surface area contributed by atoms with Gasteiger partial charge >= 0.3 is 18.4 Å². The molecule has 2 aromatic carbocycles. The average molecular weight is 531 g/mol. The van der Waals surface area contributed by atoms with E-state index in [-0.39, 0.29) is 23.7 Å². The predicted molar refractivity (Wildman–Crippen MR) is 129 cm³/mol. The molecule has 200 valence electrons. The number of carbonyl (C=O) groups is 3. The largest absolute Gasteiger partial charge is 0.573 e. The zero-order chi connectivity index (χ0) is 27.4. The number of likely N-dealkylation sites (tertiary alicyclic amines) is 1. The van der Waals surface area contributed by atoms with Gasteiger partial charge in [-0.1, -0.05) is 12.1 Å². The molecule has 1 fully saturated rings. The molecule has 1 atom stereocenters. The lowest BCUT2D eigenvalue weighted by Gasteiger charge is -2.24. The molecule has 0 saturated carbocycles. The zero-order valence-corrected chi connectivity index (χ0v) is 20.2. The molecule has 38 heavy (non-hydrogen) atoms. The maximum atomic E-state index is 12.9. The smallest absolute Gasteiger partial charge is 0.478 e. The molecular formula is C25H24F3N5O5. The van der Waals surface area contributed by atoms with Crippen molar-refractivity contribution in [2.75, 3.05) is 11.9 Å². The highest BCUT2D eigenvalue weighted by atomic mass is 19.4. The number of nitrogens with zero attached hydrogens (tertiary/aromatic N) is 3. The summed E-state index contributed by atoms with van der Waals surface area (Å²) in [4.78, 5) is 38.3. The molecule has 0 aliphatic carbocycles. The summed E-state index contributed by atoms with van der Waals surface area (Å²) in [6, 6.07) is 10.3. The molecule has 1 saturated heterocycles. The van der Waals surface area contributed by atoms with E-state index in [1.54, 1.807) is 31.3 Å². The van der Waals surface area contributed by atoms with Gasteiger partial charge in [0.05, 0.1) is 11.3 Å². The van der Waals surface area contributed by atoms with Crippen molar-refractivity contribution < 1.29 is 37.4 Å². The Morgan fingerprint density at radius 3 is 2.53 bits per heavy atom. The summed E-state index contributed by atoms with van der Waals surface area (Å²) in [5, 5.41) is 18.9. The van der Waals surface area contributed by atoms with E-state index in [1.165, 1.54) is 27.8 Å². The predicted octanol–water partition coefficient (Wildman–Crippen LogP) is 4.09. The molecule has 1 aromatic heterocycles. The number of aromatic nitrogens is 2. The minimum Gasteiger partial charge on any atom is -0.478 e. The molecule has 4 rings (SSSR count). The lowest BCUT2D eigenvalue weighted by molar-refractivity contribution is -0.274. The standard InChI is InChI=1S/C25H24F3N5O5/c1-15-13-17(6-9-19(15)23(35)36)33-12-10-21(31-33)30-22(34)20-3-2-11-32(20)24(37)29-14-16-4-7-18(8-5-16)38-25(26,27)28/h4-10,12-13,20H,2-3,11,14H2,1H3,(H,29,37)(H,35,36)(H,30,31,34)/t20-/m1/s1. The van der Waals surface area contributed by atoms with Crippen LogP contribution >= 0.6 is 0 Å². The average Bonchev–Trinajstić information content (AvgIpc) is 3.52. The maximum absolute atomic E-state index is 12.9. The van der Waals surface area contributed by atoms with Gasteiger partial charge in [-0.25, -0.2) is 14.3 Å². The van der Waals surface area contributed by atoms with E-state index in [2.05, 4.69) is 20.5 Å². The lowest BCUT2D eigenvalue weighted by Crippen LogP contribution is -2.47. The summed E-state index contributed by atoms with van der Waals surface area (Å²) in [6.45, 7) is 2.10. The first-order valence-electron chi connectivity index (χ1n) is 11.6. The van der Waals surface area contributed by atoms with Gasteiger partial charge in [-0.3, -0.25) is 4.79 Å². The van der Waals surface area contributed by atoms with Crippen molar-refractivity contribution in [3.05, 3.63) is 71.4 Å². The molecule has 2 heterocycles. The minimum atomic E-state index is -4.79. The van der Waals surface area contributed by atoms with Crippen LogP contribution in [0.15, 0.2) is 54.7 Å². The van der Waals surface area contributed by atoms with Gasteiger partial charge in [-0.15, -0.1) is 13.2 Å². The van der Waals surface area contributed by atoms with Crippen molar-refractivity contribution in [1.29, 1.82) is 0 Å². The molecule has 0 radical (unpaired) electrons. The fourth-order valence-electron chi connectivity index (χ4n) is 4.14. The number of urea groups is 1. The Bertz CT molecular complexity index is 1340. The molecule has 1 aliphatic rings. The number of rotatable bonds is 7. The second kappa shape index (κ2) is 10.8. The maximum Gasteiger partial charge on any atom is 0.573 e. The fraction of sp³-hybridized carbons (Fsp3) is 0.280. The van der Waals surface area contributed by atoms with Gasteiger partial charge in [-0.05, 0) is 61.2 Å². The van der Waals surface area contributed by atoms with Crippen LogP contribution in [0.25, 0.3) is 5.69 Å². The molecule has 3 N–H and O–H groups in total. The molecule has 0 bridgehead atoms. The third-order valence-electron chi connectivity index (χ3n) is 5.96. The van der Waals surface area contributed by atoms with E-state index in [9.17, 15) is 32.7 Å². The highest BCUT2D eigenvalue weighted by molar-refractivity contribution is 5.96. The number of hydrogen-bond donors (Lipinski definition) is 3. The number of alkyl halides is 3. The van der Waals surface area contributed by atoms with Gasteiger partial charge in [0.25, 0.3) is 0 Å². The number of anilines is 1. The first-order valence-corrected chi connectivity index (χ1v) is 11.6. The highest BCUT2D eigenvalue weighted by Gasteiger charge is 2.34. The van der Waals surface area contributed by atoms with Crippen LogP contribution in [0.2, 0.25) is 0 Å². The Balaban J connectivity index is 1.33. The van der Waals surface area contributed by atoms with Crippen LogP contribution in [0.5, 0.6) is 5.75 Å². The summed E-state index contributed by atoms with van der Waals surface area (Å²) < 4.78 is 42.2. The zero-order valence-electron chi connectivity index (χ0n) is 20.2. The van der Waals surface area contributed by atoms with Crippen molar-refractivity contribution in [3.63, 3.8) is 0 Å². The van der Waals surface area contributed by atoms with Crippen molar-refractivity contribution in [3.8, 4) is 11.4 Å². The van der Waals surface area contributed by atoms with Crippen LogP contribution in [0, 0.1) is 6.92 Å². The SMILES string of the molecule is Cc1cc(-n2ccc(NC(=O)[C@H]3CCCN3C(=O)NCc3ccc(OC(F)(F)F)cc3)n2)ccc1C(=O)O. The molecule has 13 heteroatoms. The lowest BCUT2D eigenvalue weighted by atomic mass is 10.1. The topological polar surface area (TPSA) is 126 Å². The van der Waals surface area contributed by atoms with E-state index < -0.39 is 30.3 Å². The van der Waals surface area contributed by atoms with Crippen molar-refractivity contribution in [2.45, 2.75) is 38.7 Å². The van der Waals surface area contributed by atoms with Crippen LogP contribution in [-0.4, -0.2) is 56.6 Å². The van der Waals surface area contributed by atoms with Gasteiger partial charge in [0, 0.05) is 25.4 Å². The summed E-state index contributed by atoms with van der Waals surface area (Å²) in [5.74, 6) is -1.53. The fourth-order valence-corrected chi connectivity index (χ4v) is 4.14. The Morgan fingerprint density at radius 1 is 1.13 bits per heavy atom. The molecule has 10 nitrogen and oxygen atoms in total. The van der Waals surface area contributed by atoms with E-state index >= 15 is 0 Å². The van der Waals surface area contributed by atoms with E-state index in [4.69, 9.17) is 0 Å². The number of aryl methyl sites for hydroxylation is 1. The number of aromatic carboxylic acids is 1. The summed E-state index contributed by atoms with van der Waals surface area (Å²) in [6.07, 6.45) is -2.08. The number of carboxylic acids is 1. The molecule has 0 unspecified atom stereocenters. The second-order valence-corrected chi connectivity index (χ2v) is 8.64. The number of halogens is 3. The van der Waals surface area contributed by atoms with Gasteiger partial charge in [-0.2, -0.15) is 5.10 Å². The quantitative estimate of drug-likeness (QED) is 0.422. The Labute approximate surface area is 215 Å². The van der Waals surface area contributed by atoms with E-state index in [0.717, 1.165) is 12.1 Å². The molecule has 3 aromatic rings. The van der Waals surface area contributed by atoms with Crippen LogP contribution in [0.3, 0.4) is 0 Å². The number of hydrogen-bond acceptors (Lipinski definition) is 5. The first kappa shape index (κ1) is 26.5. The number of nitrogens with one attached hydrogen (secondary N) is 2. The molecule has 3 amide bonds. The Kier molecular flexibility index (Phi) is 7.55. The first-order chi connectivity index (χ1) is 18.0. The number of carboxylic acid groups (broad SMARTS) is 1. The Morgan fingerprint density at radius 2 is 1.87 bits per heavy atom. The van der Waals surface area contributed by atoms with Gasteiger partial charge in [0.15, 0.2) is 5.82 Å². The van der Waals surface area contributed by atoms with Crippen LogP contribution in [0.1, 0.15) is 34.3 Å². The number of ether oxygens (including phenoxy) is 1. The summed E-state index contributed by atoms with van der Waals surface area (Å²) in [7, 11) is 0. The molecular weight excluding hydrogens is 507 g/mol. The highest BCUT2D eigenvalue weighted by Crippen LogP contribution is 2.23. The van der Waals surface area contributed by atoms with Gasteiger partial charge in [0.1, 0.15) is 11.8 Å². The van der Waals surface area contributed by atoms with Crippen molar-refractivity contribution >= 4 is 23.7 Å². The van der Waals surface area contributed by atoms with Crippen LogP contribution < -0.4 is 15.4 Å². The third-order valence-corrected chi connectivity index (χ3v) is 5.96. The number of benzene rings is 2. The van der Waals surface area contributed by atoms with Crippen molar-refractivity contribution in [2.24, 2.45) is 0 Å². The third kappa shape index (κ3) is 6.41. The number of carbonyl (C=O) groups excluding carboxylic acids is 2. The second-order valence-electron chi connectivity index (χ2n) is 8.64. The normalized spacial score (nSPS) is 15.3. The Hall–Kier alpha value is -4.55. The summed E-state index contributed by atoms with van der Waals surface area (Å²) >= 11 is 0. The van der Waals surface area contributed by atoms with E-state index in [1.807, 2.05) is 0 Å². The van der Waals surface area contributed by atoms with Crippen molar-refractivity contribution in [1.82, 2.24) is 20.0 Å². The minimum absolute atomic E-state index is 0.0560. The van der Waals surface area contributed by atoms with Gasteiger partial charge < -0.3 is 25.4 Å². The van der Waals surface area contributed by atoms with Gasteiger partial charge in [0.2, 0.25) is 5.91 Å². The molecule has 1 aliphatic heterocycles. The van der Waals surface area contributed by atoms with E-state index in [0.29, 0.717) is 36.2 Å².